The van der Waals surface area contributed by atoms with Crippen LogP contribution in [-0.2, 0) is 0 Å². The minimum atomic E-state index is 0.154. The molecule has 70 valence electrons. The normalized spacial score (nSPS) is 18.3. The Morgan fingerprint density at radius 3 is 2.85 bits per heavy atom. The molecule has 0 aromatic carbocycles. The van der Waals surface area contributed by atoms with Crippen molar-refractivity contribution in [2.45, 2.75) is 25.3 Å². The third-order valence-corrected chi connectivity index (χ3v) is 2.53. The van der Waals surface area contributed by atoms with Gasteiger partial charge in [-0.25, -0.2) is 4.98 Å². The van der Waals surface area contributed by atoms with Gasteiger partial charge in [0.1, 0.15) is 5.82 Å². The molecule has 3 nitrogen and oxygen atoms in total. The Labute approximate surface area is 78.4 Å². The lowest BCUT2D eigenvalue weighted by Gasteiger charge is -2.15. The zero-order valence-electron chi connectivity index (χ0n) is 7.88. The fraction of sp³-hybridized carbons (Fsp3) is 0.500. The molecular weight excluding hydrogens is 162 g/mol. The smallest absolute Gasteiger partial charge is 0.126 e. The molecule has 0 aliphatic heterocycles. The Bertz CT molecular complexity index is 305. The van der Waals surface area contributed by atoms with Crippen LogP contribution in [0.25, 0.3) is 0 Å². The fourth-order valence-corrected chi connectivity index (χ4v) is 1.42. The number of hydrogen-bond donors (Lipinski definition) is 2. The van der Waals surface area contributed by atoms with Crippen molar-refractivity contribution in [3.05, 3.63) is 23.9 Å². The molecule has 0 saturated heterocycles. The number of aromatic nitrogens is 1. The maximum atomic E-state index is 5.66. The van der Waals surface area contributed by atoms with Gasteiger partial charge in [-0.05, 0) is 31.9 Å². The average molecular weight is 177 g/mol. The number of anilines is 1. The fourth-order valence-electron chi connectivity index (χ4n) is 1.42. The molecule has 1 aromatic rings. The minimum Gasteiger partial charge on any atom is -0.363 e. The van der Waals surface area contributed by atoms with Crippen molar-refractivity contribution in [1.29, 1.82) is 0 Å². The lowest BCUT2D eigenvalue weighted by atomic mass is 10.2. The largest absolute Gasteiger partial charge is 0.363 e. The summed E-state index contributed by atoms with van der Waals surface area (Å²) in [5.41, 5.74) is 6.86. The predicted octanol–water partition coefficient (Wildman–Crippen LogP) is 1.29. The van der Waals surface area contributed by atoms with Crippen LogP contribution in [0.3, 0.4) is 0 Å². The van der Waals surface area contributed by atoms with Gasteiger partial charge >= 0.3 is 0 Å². The quantitative estimate of drug-likeness (QED) is 0.731. The highest BCUT2D eigenvalue weighted by atomic mass is 15.1. The Hall–Kier alpha value is -1.09. The summed E-state index contributed by atoms with van der Waals surface area (Å²) in [6, 6.07) is 5.99. The van der Waals surface area contributed by atoms with E-state index >= 15 is 0 Å². The van der Waals surface area contributed by atoms with Crippen LogP contribution in [0.4, 0.5) is 5.82 Å². The van der Waals surface area contributed by atoms with Crippen LogP contribution in [0.1, 0.15) is 18.5 Å². The average Bonchev–Trinajstić information content (AvgIpc) is 2.86. The van der Waals surface area contributed by atoms with E-state index in [0.29, 0.717) is 6.54 Å². The molecule has 0 spiro atoms. The van der Waals surface area contributed by atoms with E-state index in [9.17, 15) is 0 Å². The van der Waals surface area contributed by atoms with Crippen molar-refractivity contribution >= 4 is 5.82 Å². The van der Waals surface area contributed by atoms with Gasteiger partial charge in [-0.15, -0.1) is 0 Å². The Balaban J connectivity index is 2.09. The molecule has 1 aliphatic rings. The summed E-state index contributed by atoms with van der Waals surface area (Å²) in [6.45, 7) is 2.69. The van der Waals surface area contributed by atoms with E-state index in [-0.39, 0.29) is 5.54 Å². The lowest BCUT2D eigenvalue weighted by Crippen LogP contribution is -2.31. The third-order valence-electron chi connectivity index (χ3n) is 2.53. The van der Waals surface area contributed by atoms with Crippen molar-refractivity contribution in [2.75, 3.05) is 11.9 Å². The van der Waals surface area contributed by atoms with Crippen molar-refractivity contribution in [3.63, 3.8) is 0 Å². The van der Waals surface area contributed by atoms with Gasteiger partial charge in [0, 0.05) is 12.2 Å². The topological polar surface area (TPSA) is 50.9 Å². The van der Waals surface area contributed by atoms with E-state index in [1.807, 2.05) is 25.1 Å². The van der Waals surface area contributed by atoms with Gasteiger partial charge < -0.3 is 11.1 Å². The summed E-state index contributed by atoms with van der Waals surface area (Å²) >= 11 is 0. The van der Waals surface area contributed by atoms with E-state index < -0.39 is 0 Å². The van der Waals surface area contributed by atoms with E-state index in [1.54, 1.807) is 0 Å². The summed E-state index contributed by atoms with van der Waals surface area (Å²) in [5.74, 6) is 0.947. The molecule has 3 N–H and O–H groups in total. The van der Waals surface area contributed by atoms with E-state index in [4.69, 9.17) is 5.73 Å². The van der Waals surface area contributed by atoms with Gasteiger partial charge in [-0.3, -0.25) is 0 Å². The Kier molecular flexibility index (Phi) is 1.96. The molecule has 1 saturated carbocycles. The molecule has 0 amide bonds. The number of nitrogens with zero attached hydrogens (tertiary/aromatic N) is 1. The van der Waals surface area contributed by atoms with E-state index in [2.05, 4.69) is 10.3 Å². The van der Waals surface area contributed by atoms with Crippen molar-refractivity contribution in [3.8, 4) is 0 Å². The molecular formula is C10H15N3. The minimum absolute atomic E-state index is 0.154. The number of nitrogens with one attached hydrogen (secondary N) is 1. The summed E-state index contributed by atoms with van der Waals surface area (Å²) in [4.78, 5) is 4.38. The molecule has 1 aromatic heterocycles. The van der Waals surface area contributed by atoms with Crippen LogP contribution in [-0.4, -0.2) is 17.1 Å². The summed E-state index contributed by atoms with van der Waals surface area (Å²) in [7, 11) is 0. The number of rotatable bonds is 3. The zero-order chi connectivity index (χ0) is 9.31. The van der Waals surface area contributed by atoms with Gasteiger partial charge in [0.15, 0.2) is 0 Å². The van der Waals surface area contributed by atoms with Crippen molar-refractivity contribution in [1.82, 2.24) is 4.98 Å². The van der Waals surface area contributed by atoms with Crippen LogP contribution >= 0.6 is 0 Å². The molecule has 1 aliphatic carbocycles. The second-order valence-electron chi connectivity index (χ2n) is 3.77. The number of nitrogens with two attached hydrogens (primary N) is 1. The van der Waals surface area contributed by atoms with E-state index in [0.717, 1.165) is 11.5 Å². The van der Waals surface area contributed by atoms with Gasteiger partial charge in [0.2, 0.25) is 0 Å². The highest BCUT2D eigenvalue weighted by Gasteiger charge is 2.41. The first-order valence-corrected chi connectivity index (χ1v) is 4.66. The SMILES string of the molecule is Cc1cccc(NC2(CN)CC2)n1. The third kappa shape index (κ3) is 1.80. The molecule has 0 bridgehead atoms. The van der Waals surface area contributed by atoms with Gasteiger partial charge in [0.05, 0.1) is 5.54 Å². The predicted molar refractivity (Wildman–Crippen MR) is 53.6 cm³/mol. The molecule has 2 rings (SSSR count). The van der Waals surface area contributed by atoms with Crippen LogP contribution < -0.4 is 11.1 Å². The van der Waals surface area contributed by atoms with Crippen LogP contribution in [0, 0.1) is 6.92 Å². The van der Waals surface area contributed by atoms with E-state index in [1.165, 1.54) is 12.8 Å². The maximum Gasteiger partial charge on any atom is 0.126 e. The molecule has 1 fully saturated rings. The van der Waals surface area contributed by atoms with Gasteiger partial charge in [-0.2, -0.15) is 0 Å². The summed E-state index contributed by atoms with van der Waals surface area (Å²) in [6.07, 6.45) is 2.33. The maximum absolute atomic E-state index is 5.66. The number of aryl methyl sites for hydroxylation is 1. The first-order chi connectivity index (χ1) is 6.24. The molecule has 0 unspecified atom stereocenters. The van der Waals surface area contributed by atoms with Crippen molar-refractivity contribution in [2.24, 2.45) is 5.73 Å². The lowest BCUT2D eigenvalue weighted by molar-refractivity contribution is 0.736. The first kappa shape index (κ1) is 8.51. The zero-order valence-corrected chi connectivity index (χ0v) is 7.88. The molecule has 1 heterocycles. The summed E-state index contributed by atoms with van der Waals surface area (Å²) < 4.78 is 0. The monoisotopic (exact) mass is 177 g/mol. The molecule has 3 heteroatoms. The first-order valence-electron chi connectivity index (χ1n) is 4.66. The van der Waals surface area contributed by atoms with Gasteiger partial charge in [-0.1, -0.05) is 6.07 Å². The number of hydrogen-bond acceptors (Lipinski definition) is 3. The molecule has 13 heavy (non-hydrogen) atoms. The Morgan fingerprint density at radius 2 is 2.31 bits per heavy atom. The molecule has 0 radical (unpaired) electrons. The van der Waals surface area contributed by atoms with Crippen LogP contribution in [0.15, 0.2) is 18.2 Å². The second-order valence-corrected chi connectivity index (χ2v) is 3.77. The van der Waals surface area contributed by atoms with Gasteiger partial charge in [0.25, 0.3) is 0 Å². The van der Waals surface area contributed by atoms with Crippen molar-refractivity contribution < 1.29 is 0 Å². The Morgan fingerprint density at radius 1 is 1.54 bits per heavy atom. The van der Waals surface area contributed by atoms with Crippen LogP contribution in [0.5, 0.6) is 0 Å². The molecule has 0 atom stereocenters. The highest BCUT2D eigenvalue weighted by Crippen LogP contribution is 2.37. The number of pyridine rings is 1. The standard InChI is InChI=1S/C10H15N3/c1-8-3-2-4-9(12-8)13-10(7-11)5-6-10/h2-4H,5-7,11H2,1H3,(H,12,13). The second kappa shape index (κ2) is 3.00. The van der Waals surface area contributed by atoms with Crippen LogP contribution in [0.2, 0.25) is 0 Å². The summed E-state index contributed by atoms with van der Waals surface area (Å²) in [5, 5.41) is 3.38. The highest BCUT2D eigenvalue weighted by molar-refractivity contribution is 5.41.